The Kier molecular flexibility index (Phi) is 6.02. The van der Waals surface area contributed by atoms with E-state index in [-0.39, 0.29) is 25.0 Å². The van der Waals surface area contributed by atoms with Gasteiger partial charge in [0.05, 0.1) is 13.1 Å². The van der Waals surface area contributed by atoms with Gasteiger partial charge in [-0.1, -0.05) is 13.0 Å². The molecular formula is C14H24N2O3. The van der Waals surface area contributed by atoms with Crippen LogP contribution in [0.1, 0.15) is 39.5 Å². The van der Waals surface area contributed by atoms with E-state index in [1.807, 2.05) is 13.8 Å². The van der Waals surface area contributed by atoms with E-state index in [1.54, 1.807) is 16.8 Å². The van der Waals surface area contributed by atoms with Crippen molar-refractivity contribution in [2.24, 2.45) is 0 Å². The van der Waals surface area contributed by atoms with Crippen LogP contribution in [-0.2, 0) is 9.59 Å². The van der Waals surface area contributed by atoms with E-state index in [0.717, 1.165) is 31.4 Å². The number of allylic oxidation sites excluding steroid dienone is 2. The molecule has 108 valence electrons. The quantitative estimate of drug-likeness (QED) is 0.763. The van der Waals surface area contributed by atoms with Gasteiger partial charge in [-0.2, -0.15) is 0 Å². The summed E-state index contributed by atoms with van der Waals surface area (Å²) in [5.41, 5.74) is 1.06. The highest BCUT2D eigenvalue weighted by Gasteiger charge is 2.22. The third-order valence-electron chi connectivity index (χ3n) is 3.71. The van der Waals surface area contributed by atoms with Gasteiger partial charge in [0.15, 0.2) is 0 Å². The molecule has 1 atom stereocenters. The molecule has 0 radical (unpaired) electrons. The normalized spacial score (nSPS) is 16.3. The molecule has 1 N–H and O–H groups in total. The molecule has 0 aromatic heterocycles. The summed E-state index contributed by atoms with van der Waals surface area (Å²) in [6.07, 6.45) is 5.97. The van der Waals surface area contributed by atoms with Crippen molar-refractivity contribution in [2.75, 3.05) is 20.1 Å². The lowest BCUT2D eigenvalue weighted by molar-refractivity contribution is -0.140. The first-order valence-corrected chi connectivity index (χ1v) is 6.87. The second-order valence-corrected chi connectivity index (χ2v) is 5.10. The molecule has 1 amide bonds. The highest BCUT2D eigenvalue weighted by atomic mass is 16.4. The molecule has 1 rings (SSSR count). The van der Waals surface area contributed by atoms with Crippen LogP contribution in [0.4, 0.5) is 0 Å². The number of carbonyl (C=O) groups is 2. The van der Waals surface area contributed by atoms with Crippen molar-refractivity contribution in [3.8, 4) is 0 Å². The van der Waals surface area contributed by atoms with Crippen LogP contribution in [0.25, 0.3) is 0 Å². The van der Waals surface area contributed by atoms with Crippen LogP contribution in [0.15, 0.2) is 11.8 Å². The number of nitrogens with zero attached hydrogens (tertiary/aromatic N) is 2. The fourth-order valence-corrected chi connectivity index (χ4v) is 2.20. The number of likely N-dealkylation sites (N-methyl/N-ethyl adjacent to an activating group) is 1. The Bertz CT molecular complexity index is 366. The molecular weight excluding hydrogens is 244 g/mol. The van der Waals surface area contributed by atoms with Crippen LogP contribution in [0.3, 0.4) is 0 Å². The summed E-state index contributed by atoms with van der Waals surface area (Å²) in [6.45, 7) is 4.01. The van der Waals surface area contributed by atoms with Crippen LogP contribution < -0.4 is 0 Å². The number of carboxylic acids is 1. The smallest absolute Gasteiger partial charge is 0.317 e. The zero-order valence-electron chi connectivity index (χ0n) is 12.1. The molecule has 19 heavy (non-hydrogen) atoms. The van der Waals surface area contributed by atoms with Crippen molar-refractivity contribution in [1.29, 1.82) is 0 Å². The zero-order chi connectivity index (χ0) is 14.4. The van der Waals surface area contributed by atoms with Crippen molar-refractivity contribution in [3.05, 3.63) is 11.8 Å². The molecule has 1 aliphatic rings. The summed E-state index contributed by atoms with van der Waals surface area (Å²) in [5.74, 6) is -0.925. The summed E-state index contributed by atoms with van der Waals surface area (Å²) in [6, 6.07) is 0.0889. The van der Waals surface area contributed by atoms with E-state index in [0.29, 0.717) is 0 Å². The van der Waals surface area contributed by atoms with Gasteiger partial charge in [-0.05, 0) is 32.6 Å². The highest BCUT2D eigenvalue weighted by molar-refractivity contribution is 5.80. The number of carbonyl (C=O) groups excluding carboxylic acids is 1. The summed E-state index contributed by atoms with van der Waals surface area (Å²) in [5, 5.41) is 8.91. The highest BCUT2D eigenvalue weighted by Crippen LogP contribution is 2.20. The van der Waals surface area contributed by atoms with Gasteiger partial charge in [0, 0.05) is 18.8 Å². The number of hydrogen-bond donors (Lipinski definition) is 1. The molecule has 1 unspecified atom stereocenters. The standard InChI is InChI=1S/C14H24N2O3/c1-4-11(2)16(10-14(18)19)9-13(17)15(3)12-7-5-6-8-12/h7,11H,4-6,8-10H2,1-3H3,(H,18,19). The number of amides is 1. The van der Waals surface area contributed by atoms with Gasteiger partial charge in [-0.15, -0.1) is 0 Å². The van der Waals surface area contributed by atoms with Crippen molar-refractivity contribution in [3.63, 3.8) is 0 Å². The maximum atomic E-state index is 12.2. The number of carboxylic acid groups (broad SMARTS) is 1. The third-order valence-corrected chi connectivity index (χ3v) is 3.71. The Labute approximate surface area is 114 Å². The maximum Gasteiger partial charge on any atom is 0.317 e. The van der Waals surface area contributed by atoms with Crippen LogP contribution in [0.2, 0.25) is 0 Å². The Balaban J connectivity index is 2.61. The van der Waals surface area contributed by atoms with Crippen LogP contribution in [-0.4, -0.2) is 53.0 Å². The fourth-order valence-electron chi connectivity index (χ4n) is 2.20. The molecule has 5 nitrogen and oxygen atoms in total. The number of hydrogen-bond acceptors (Lipinski definition) is 3. The molecule has 0 aromatic rings. The molecule has 0 fully saturated rings. The minimum absolute atomic E-state index is 0.0327. The third kappa shape index (κ3) is 4.67. The molecule has 0 spiro atoms. The predicted octanol–water partition coefficient (Wildman–Crippen LogP) is 1.70. The first kappa shape index (κ1) is 15.7. The molecule has 0 aromatic carbocycles. The summed E-state index contributed by atoms with van der Waals surface area (Å²) in [7, 11) is 1.77. The number of rotatable bonds is 7. The fraction of sp³-hybridized carbons (Fsp3) is 0.714. The van der Waals surface area contributed by atoms with Gasteiger partial charge in [0.2, 0.25) is 5.91 Å². The van der Waals surface area contributed by atoms with Crippen molar-refractivity contribution < 1.29 is 14.7 Å². The van der Waals surface area contributed by atoms with Gasteiger partial charge >= 0.3 is 5.97 Å². The molecule has 0 aliphatic heterocycles. The first-order chi connectivity index (χ1) is 8.95. The van der Waals surface area contributed by atoms with Crippen molar-refractivity contribution in [1.82, 2.24) is 9.80 Å². The van der Waals surface area contributed by atoms with E-state index in [9.17, 15) is 9.59 Å². The van der Waals surface area contributed by atoms with Crippen LogP contribution >= 0.6 is 0 Å². The second kappa shape index (κ2) is 7.28. The molecule has 0 heterocycles. The average Bonchev–Trinajstić information content (AvgIpc) is 2.89. The summed E-state index contributed by atoms with van der Waals surface area (Å²) >= 11 is 0. The Hall–Kier alpha value is -1.36. The van der Waals surface area contributed by atoms with E-state index in [4.69, 9.17) is 5.11 Å². The van der Waals surface area contributed by atoms with Gasteiger partial charge in [-0.25, -0.2) is 0 Å². The zero-order valence-corrected chi connectivity index (χ0v) is 12.1. The topological polar surface area (TPSA) is 60.9 Å². The second-order valence-electron chi connectivity index (χ2n) is 5.10. The van der Waals surface area contributed by atoms with Gasteiger partial charge in [-0.3, -0.25) is 14.5 Å². The summed E-state index contributed by atoms with van der Waals surface area (Å²) < 4.78 is 0. The lowest BCUT2D eigenvalue weighted by Crippen LogP contribution is -2.44. The minimum Gasteiger partial charge on any atom is -0.480 e. The number of aliphatic carboxylic acids is 1. The van der Waals surface area contributed by atoms with Gasteiger partial charge in [0.25, 0.3) is 0 Å². The largest absolute Gasteiger partial charge is 0.480 e. The van der Waals surface area contributed by atoms with E-state index >= 15 is 0 Å². The Morgan fingerprint density at radius 1 is 1.42 bits per heavy atom. The summed E-state index contributed by atoms with van der Waals surface area (Å²) in [4.78, 5) is 26.4. The van der Waals surface area contributed by atoms with Gasteiger partial charge in [0.1, 0.15) is 0 Å². The van der Waals surface area contributed by atoms with E-state index in [2.05, 4.69) is 6.08 Å². The van der Waals surface area contributed by atoms with Crippen LogP contribution in [0.5, 0.6) is 0 Å². The SMILES string of the molecule is CCC(C)N(CC(=O)O)CC(=O)N(C)C1=CCCC1. The maximum absolute atomic E-state index is 12.2. The predicted molar refractivity (Wildman–Crippen MR) is 73.7 cm³/mol. The van der Waals surface area contributed by atoms with Crippen molar-refractivity contribution >= 4 is 11.9 Å². The molecule has 0 saturated carbocycles. The molecule has 1 aliphatic carbocycles. The first-order valence-electron chi connectivity index (χ1n) is 6.87. The van der Waals surface area contributed by atoms with Crippen molar-refractivity contribution in [2.45, 2.75) is 45.6 Å². The van der Waals surface area contributed by atoms with Crippen LogP contribution in [0, 0.1) is 0 Å². The van der Waals surface area contributed by atoms with Gasteiger partial charge < -0.3 is 10.0 Å². The minimum atomic E-state index is -0.893. The molecule has 5 heteroatoms. The van der Waals surface area contributed by atoms with E-state index < -0.39 is 5.97 Å². The lowest BCUT2D eigenvalue weighted by Gasteiger charge is -2.28. The van der Waals surface area contributed by atoms with E-state index in [1.165, 1.54) is 0 Å². The Morgan fingerprint density at radius 2 is 2.11 bits per heavy atom. The monoisotopic (exact) mass is 268 g/mol. The lowest BCUT2D eigenvalue weighted by atomic mass is 10.2. The molecule has 0 bridgehead atoms. The Morgan fingerprint density at radius 3 is 2.58 bits per heavy atom. The molecule has 0 saturated heterocycles. The average molecular weight is 268 g/mol.